The fourth-order valence-corrected chi connectivity index (χ4v) is 0.946. The molecule has 0 aromatic rings. The minimum absolute atomic E-state index is 0. The maximum atomic E-state index is 10.5. The van der Waals surface area contributed by atoms with E-state index >= 15 is 0 Å². The Morgan fingerprint density at radius 1 is 0.818 bits per heavy atom. The van der Waals surface area contributed by atoms with Gasteiger partial charge in [-0.05, 0) is 12.8 Å². The maximum absolute atomic E-state index is 10.5. The molecule has 11 heavy (non-hydrogen) atoms. The number of carbonyl (C=O) groups is 1. The monoisotopic (exact) mass is 266 g/mol. The normalized spacial score (nSPS) is 14.4. The molecule has 1 aliphatic rings. The largest absolute Gasteiger partial charge is 0.300 e. The Morgan fingerprint density at radius 3 is 1.36 bits per heavy atom. The molecular weight excluding hydrogens is 243 g/mol. The first-order valence-electron chi connectivity index (χ1n) is 2.91. The van der Waals surface area contributed by atoms with Gasteiger partial charge < -0.3 is 0 Å². The van der Waals surface area contributed by atoms with Gasteiger partial charge in [-0.3, -0.25) is 4.79 Å². The third kappa shape index (κ3) is 10.5. The zero-order chi connectivity index (χ0) is 5.11. The molecule has 0 aromatic heterocycles. The molecule has 1 saturated carbocycles. The van der Waals surface area contributed by atoms with Crippen LogP contribution < -0.4 is 0 Å². The molecule has 0 aromatic carbocycles. The van der Waals surface area contributed by atoms with E-state index in [9.17, 15) is 4.79 Å². The fourth-order valence-electron chi connectivity index (χ4n) is 0.946. The molecule has 0 unspecified atom stereocenters. The zero-order valence-corrected chi connectivity index (χ0v) is 7.80. The number of rotatable bonds is 0. The molecule has 1 aliphatic carbocycles. The van der Waals surface area contributed by atoms with Gasteiger partial charge in [0.2, 0.25) is 0 Å². The van der Waals surface area contributed by atoms with Crippen LogP contribution in [0.15, 0.2) is 0 Å². The summed E-state index contributed by atoms with van der Waals surface area (Å²) in [5, 5.41) is 0. The van der Waals surface area contributed by atoms with E-state index in [-0.39, 0.29) is 46.2 Å². The van der Waals surface area contributed by atoms with Gasteiger partial charge in [0.25, 0.3) is 0 Å². The Bertz CT molecular complexity index is 73.6. The maximum Gasteiger partial charge on any atom is 0.132 e. The van der Waals surface area contributed by atoms with E-state index in [1.54, 1.807) is 0 Å². The smallest absolute Gasteiger partial charge is 0.132 e. The Morgan fingerprint density at radius 2 is 1.18 bits per heavy atom. The molecular formula is C9H22OSn. The standard InChI is InChI=1S/C6H10O.3CH4.Sn/c7-6-4-2-1-3-5-6;;;;/h1-5H2;3*1H4;. The summed E-state index contributed by atoms with van der Waals surface area (Å²) in [7, 11) is 0. The van der Waals surface area contributed by atoms with Crippen molar-refractivity contribution in [2.24, 2.45) is 0 Å². The van der Waals surface area contributed by atoms with Crippen molar-refractivity contribution in [3.8, 4) is 0 Å². The van der Waals surface area contributed by atoms with Crippen LogP contribution in [0.4, 0.5) is 0 Å². The Labute approximate surface area is 88.9 Å². The first kappa shape index (κ1) is 22.5. The van der Waals surface area contributed by atoms with Gasteiger partial charge in [0.15, 0.2) is 0 Å². The average molecular weight is 265 g/mol. The number of Topliss-reactive ketones (excluding diaryl/α,β-unsaturated/α-hetero) is 1. The van der Waals surface area contributed by atoms with Crippen molar-refractivity contribution < 1.29 is 4.79 Å². The first-order valence-corrected chi connectivity index (χ1v) is 2.91. The van der Waals surface area contributed by atoms with Gasteiger partial charge in [-0.1, -0.05) is 28.7 Å². The summed E-state index contributed by atoms with van der Waals surface area (Å²) >= 11 is 0. The Kier molecular flexibility index (Phi) is 26.8. The van der Waals surface area contributed by atoms with E-state index < -0.39 is 0 Å². The molecule has 1 fully saturated rings. The van der Waals surface area contributed by atoms with Crippen molar-refractivity contribution >= 4 is 29.7 Å². The second-order valence-electron chi connectivity index (χ2n) is 2.10. The molecule has 1 rings (SSSR count). The number of carbonyl (C=O) groups excluding carboxylic acids is 1. The number of hydrogen-bond donors (Lipinski definition) is 0. The minimum Gasteiger partial charge on any atom is -0.300 e. The molecule has 0 bridgehead atoms. The number of ketones is 1. The molecule has 0 heterocycles. The summed E-state index contributed by atoms with van der Waals surface area (Å²) in [5.41, 5.74) is 0. The van der Waals surface area contributed by atoms with Gasteiger partial charge in [0.05, 0.1) is 0 Å². The van der Waals surface area contributed by atoms with E-state index in [1.807, 2.05) is 0 Å². The summed E-state index contributed by atoms with van der Waals surface area (Å²) in [6, 6.07) is 0. The fraction of sp³-hybridized carbons (Fsp3) is 0.889. The van der Waals surface area contributed by atoms with E-state index in [0.717, 1.165) is 25.7 Å². The average Bonchev–Trinajstić information content (AvgIpc) is 1.69. The van der Waals surface area contributed by atoms with Crippen LogP contribution in [0.1, 0.15) is 54.4 Å². The van der Waals surface area contributed by atoms with Crippen LogP contribution in [-0.4, -0.2) is 29.7 Å². The van der Waals surface area contributed by atoms with Crippen molar-refractivity contribution in [1.29, 1.82) is 0 Å². The van der Waals surface area contributed by atoms with Gasteiger partial charge in [-0.15, -0.1) is 0 Å². The Balaban J connectivity index is -0.0000000612. The SMILES string of the molecule is C.C.C.O=C1CCCCC1.[Sn]. The van der Waals surface area contributed by atoms with Gasteiger partial charge in [0, 0.05) is 36.7 Å². The minimum atomic E-state index is 0. The molecule has 0 saturated heterocycles. The summed E-state index contributed by atoms with van der Waals surface area (Å²) in [6.07, 6.45) is 5.24. The van der Waals surface area contributed by atoms with Crippen LogP contribution in [0.3, 0.4) is 0 Å². The van der Waals surface area contributed by atoms with Gasteiger partial charge in [0.1, 0.15) is 5.78 Å². The van der Waals surface area contributed by atoms with Crippen molar-refractivity contribution in [2.45, 2.75) is 54.4 Å². The summed E-state index contributed by atoms with van der Waals surface area (Å²) in [6.45, 7) is 0. The first-order chi connectivity index (χ1) is 3.39. The van der Waals surface area contributed by atoms with E-state index in [0.29, 0.717) is 5.78 Å². The molecule has 0 N–H and O–H groups in total. The van der Waals surface area contributed by atoms with Crippen molar-refractivity contribution in [3.05, 3.63) is 0 Å². The third-order valence-corrected chi connectivity index (χ3v) is 1.41. The molecule has 0 aliphatic heterocycles. The van der Waals surface area contributed by atoms with Gasteiger partial charge in [-0.2, -0.15) is 0 Å². The van der Waals surface area contributed by atoms with Gasteiger partial charge >= 0.3 is 0 Å². The molecule has 68 valence electrons. The predicted molar refractivity (Wildman–Crippen MR) is 54.0 cm³/mol. The quantitative estimate of drug-likeness (QED) is 0.615. The second-order valence-corrected chi connectivity index (χ2v) is 2.10. The summed E-state index contributed by atoms with van der Waals surface area (Å²) in [4.78, 5) is 10.5. The summed E-state index contributed by atoms with van der Waals surface area (Å²) in [5.74, 6) is 0.464. The van der Waals surface area contributed by atoms with Crippen molar-refractivity contribution in [3.63, 3.8) is 0 Å². The van der Waals surface area contributed by atoms with Crippen LogP contribution in [0.2, 0.25) is 0 Å². The predicted octanol–water partition coefficient (Wildman–Crippen LogP) is 3.05. The van der Waals surface area contributed by atoms with Crippen molar-refractivity contribution in [1.82, 2.24) is 0 Å². The van der Waals surface area contributed by atoms with E-state index in [2.05, 4.69) is 0 Å². The van der Waals surface area contributed by atoms with Crippen molar-refractivity contribution in [2.75, 3.05) is 0 Å². The van der Waals surface area contributed by atoms with Crippen LogP contribution in [0.5, 0.6) is 0 Å². The third-order valence-electron chi connectivity index (χ3n) is 1.41. The van der Waals surface area contributed by atoms with Crippen LogP contribution >= 0.6 is 0 Å². The molecule has 0 amide bonds. The molecule has 2 heteroatoms. The summed E-state index contributed by atoms with van der Waals surface area (Å²) < 4.78 is 0. The molecule has 1 nitrogen and oxygen atoms in total. The topological polar surface area (TPSA) is 17.1 Å². The molecule has 0 atom stereocenters. The van der Waals surface area contributed by atoms with E-state index in [4.69, 9.17) is 0 Å². The zero-order valence-electron chi connectivity index (χ0n) is 4.94. The molecule has 4 radical (unpaired) electrons. The van der Waals surface area contributed by atoms with Crippen LogP contribution in [-0.2, 0) is 4.79 Å². The molecule has 0 spiro atoms. The van der Waals surface area contributed by atoms with E-state index in [1.165, 1.54) is 6.42 Å². The second kappa shape index (κ2) is 13.1. The number of hydrogen-bond acceptors (Lipinski definition) is 1. The Hall–Kier alpha value is 0.469. The van der Waals surface area contributed by atoms with Crippen LogP contribution in [0.25, 0.3) is 0 Å². The van der Waals surface area contributed by atoms with Gasteiger partial charge in [-0.25, -0.2) is 0 Å². The van der Waals surface area contributed by atoms with Crippen LogP contribution in [0, 0.1) is 0 Å².